The molecule has 0 radical (unpaired) electrons. The van der Waals surface area contributed by atoms with Gasteiger partial charge in [-0.1, -0.05) is 6.07 Å². The summed E-state index contributed by atoms with van der Waals surface area (Å²) in [7, 11) is 3.83. The molecule has 0 fully saturated rings. The van der Waals surface area contributed by atoms with Crippen LogP contribution in [0.5, 0.6) is 0 Å². The number of rotatable bonds is 4. The standard InChI is InChI=1S/C21H21N9/c1-13-5-6-17(23-11-13)24-19-18-14(2)15(16-7-9-29(4)26-16)12-30(18)27-20(25-19)21-22-8-10-28(21)3/h5-12H,1-4H3,(H,23,24,25,27). The summed E-state index contributed by atoms with van der Waals surface area (Å²) in [5.74, 6) is 2.58. The van der Waals surface area contributed by atoms with Gasteiger partial charge in [0.25, 0.3) is 0 Å². The zero-order chi connectivity index (χ0) is 20.8. The van der Waals surface area contributed by atoms with Crippen LogP contribution in [0.15, 0.2) is 49.2 Å². The van der Waals surface area contributed by atoms with Gasteiger partial charge in [0, 0.05) is 50.6 Å². The Hall–Kier alpha value is -4.01. The quantitative estimate of drug-likeness (QED) is 0.499. The van der Waals surface area contributed by atoms with Crippen molar-refractivity contribution in [1.82, 2.24) is 38.9 Å². The fourth-order valence-corrected chi connectivity index (χ4v) is 3.47. The highest BCUT2D eigenvalue weighted by Crippen LogP contribution is 2.32. The summed E-state index contributed by atoms with van der Waals surface area (Å²) in [4.78, 5) is 13.7. The smallest absolute Gasteiger partial charge is 0.218 e. The van der Waals surface area contributed by atoms with Crippen LogP contribution in [-0.2, 0) is 14.1 Å². The summed E-state index contributed by atoms with van der Waals surface area (Å²) in [5, 5.41) is 12.6. The summed E-state index contributed by atoms with van der Waals surface area (Å²) < 4.78 is 5.52. The molecule has 0 amide bonds. The highest BCUT2D eigenvalue weighted by Gasteiger charge is 2.19. The molecule has 0 aromatic carbocycles. The van der Waals surface area contributed by atoms with Gasteiger partial charge in [-0.25, -0.2) is 19.5 Å². The molecule has 150 valence electrons. The molecule has 0 aliphatic rings. The maximum Gasteiger partial charge on any atom is 0.218 e. The van der Waals surface area contributed by atoms with Gasteiger partial charge in [0.05, 0.1) is 5.69 Å². The normalized spacial score (nSPS) is 11.3. The number of nitrogens with one attached hydrogen (secondary N) is 1. The first-order valence-electron chi connectivity index (χ1n) is 9.57. The highest BCUT2D eigenvalue weighted by molar-refractivity contribution is 5.83. The van der Waals surface area contributed by atoms with Gasteiger partial charge in [0.15, 0.2) is 11.6 Å². The van der Waals surface area contributed by atoms with E-state index in [4.69, 9.17) is 10.1 Å². The second-order valence-corrected chi connectivity index (χ2v) is 7.33. The number of anilines is 2. The van der Waals surface area contributed by atoms with Crippen LogP contribution in [0.3, 0.4) is 0 Å². The first-order chi connectivity index (χ1) is 14.5. The summed E-state index contributed by atoms with van der Waals surface area (Å²) >= 11 is 0. The first kappa shape index (κ1) is 18.0. The Kier molecular flexibility index (Phi) is 4.09. The van der Waals surface area contributed by atoms with Crippen molar-refractivity contribution in [3.8, 4) is 22.9 Å². The maximum absolute atomic E-state index is 4.80. The molecule has 0 bridgehead atoms. The number of aromatic nitrogens is 8. The molecular weight excluding hydrogens is 378 g/mol. The minimum absolute atomic E-state index is 0.521. The summed E-state index contributed by atoms with van der Waals surface area (Å²) in [6.07, 6.45) is 9.34. The predicted molar refractivity (Wildman–Crippen MR) is 114 cm³/mol. The van der Waals surface area contributed by atoms with Crippen molar-refractivity contribution >= 4 is 17.2 Å². The first-order valence-corrected chi connectivity index (χ1v) is 9.57. The molecule has 9 heteroatoms. The fourth-order valence-electron chi connectivity index (χ4n) is 3.47. The van der Waals surface area contributed by atoms with Crippen LogP contribution in [0, 0.1) is 13.8 Å². The third-order valence-corrected chi connectivity index (χ3v) is 5.05. The molecule has 9 nitrogen and oxygen atoms in total. The Bertz CT molecular complexity index is 1360. The number of pyridine rings is 1. The third kappa shape index (κ3) is 3.00. The monoisotopic (exact) mass is 399 g/mol. The van der Waals surface area contributed by atoms with Crippen molar-refractivity contribution in [2.24, 2.45) is 14.1 Å². The average Bonchev–Trinajstić information content (AvgIpc) is 3.42. The highest BCUT2D eigenvalue weighted by atomic mass is 15.3. The molecule has 0 unspecified atom stereocenters. The molecule has 1 N–H and O–H groups in total. The molecule has 5 heterocycles. The Labute approximate surface area is 173 Å². The van der Waals surface area contributed by atoms with Crippen LogP contribution in [0.1, 0.15) is 11.1 Å². The SMILES string of the molecule is Cc1ccc(Nc2nc(-c3nccn3C)nn3cc(-c4ccn(C)n4)c(C)c23)nc1. The van der Waals surface area contributed by atoms with Crippen LogP contribution in [0.4, 0.5) is 11.6 Å². The lowest BCUT2D eigenvalue weighted by Crippen LogP contribution is -2.06. The fraction of sp³-hybridized carbons (Fsp3) is 0.190. The Balaban J connectivity index is 1.72. The zero-order valence-electron chi connectivity index (χ0n) is 17.2. The van der Waals surface area contributed by atoms with Crippen LogP contribution in [-0.4, -0.2) is 38.9 Å². The van der Waals surface area contributed by atoms with E-state index in [1.807, 2.05) is 73.1 Å². The van der Waals surface area contributed by atoms with Crippen molar-refractivity contribution < 1.29 is 0 Å². The topological polar surface area (TPSA) is 90.8 Å². The van der Waals surface area contributed by atoms with E-state index in [0.29, 0.717) is 23.3 Å². The number of imidazole rings is 1. The van der Waals surface area contributed by atoms with E-state index in [1.165, 1.54) is 0 Å². The van der Waals surface area contributed by atoms with Gasteiger partial charge < -0.3 is 9.88 Å². The summed E-state index contributed by atoms with van der Waals surface area (Å²) in [6, 6.07) is 5.94. The number of hydrogen-bond donors (Lipinski definition) is 1. The molecule has 0 saturated carbocycles. The van der Waals surface area contributed by atoms with E-state index in [1.54, 1.807) is 10.9 Å². The molecule has 30 heavy (non-hydrogen) atoms. The van der Waals surface area contributed by atoms with E-state index in [2.05, 4.69) is 27.3 Å². The zero-order valence-corrected chi connectivity index (χ0v) is 17.2. The van der Waals surface area contributed by atoms with Crippen molar-refractivity contribution in [3.63, 3.8) is 0 Å². The Morgan fingerprint density at radius 1 is 0.967 bits per heavy atom. The molecule has 5 aromatic rings. The van der Waals surface area contributed by atoms with Crippen molar-refractivity contribution in [2.45, 2.75) is 13.8 Å². The molecule has 0 atom stereocenters. The van der Waals surface area contributed by atoms with Crippen LogP contribution in [0.2, 0.25) is 0 Å². The molecule has 0 saturated heterocycles. The maximum atomic E-state index is 4.80. The summed E-state index contributed by atoms with van der Waals surface area (Å²) in [5.41, 5.74) is 4.89. The minimum atomic E-state index is 0.521. The van der Waals surface area contributed by atoms with Crippen molar-refractivity contribution in [1.29, 1.82) is 0 Å². The Morgan fingerprint density at radius 2 is 1.83 bits per heavy atom. The van der Waals surface area contributed by atoms with Gasteiger partial charge in [-0.05, 0) is 37.1 Å². The van der Waals surface area contributed by atoms with E-state index >= 15 is 0 Å². The largest absolute Gasteiger partial charge is 0.331 e. The van der Waals surface area contributed by atoms with Gasteiger partial charge in [-0.15, -0.1) is 5.10 Å². The van der Waals surface area contributed by atoms with E-state index in [-0.39, 0.29) is 0 Å². The molecule has 0 spiro atoms. The number of hydrogen-bond acceptors (Lipinski definition) is 6. The number of fused-ring (bicyclic) bond motifs is 1. The molecular formula is C21H21N9. The lowest BCUT2D eigenvalue weighted by Gasteiger charge is -2.10. The van der Waals surface area contributed by atoms with Crippen molar-refractivity contribution in [3.05, 3.63) is 60.3 Å². The number of aryl methyl sites for hydroxylation is 4. The van der Waals surface area contributed by atoms with Gasteiger partial charge >= 0.3 is 0 Å². The van der Waals surface area contributed by atoms with Gasteiger partial charge in [-0.3, -0.25) is 4.68 Å². The van der Waals surface area contributed by atoms with E-state index in [9.17, 15) is 0 Å². The molecule has 0 aliphatic carbocycles. The third-order valence-electron chi connectivity index (χ3n) is 5.05. The van der Waals surface area contributed by atoms with E-state index < -0.39 is 0 Å². The number of nitrogens with zero attached hydrogens (tertiary/aromatic N) is 8. The van der Waals surface area contributed by atoms with Crippen LogP contribution in [0.25, 0.3) is 28.4 Å². The predicted octanol–water partition coefficient (Wildman–Crippen LogP) is 3.29. The lowest BCUT2D eigenvalue weighted by atomic mass is 10.1. The van der Waals surface area contributed by atoms with E-state index in [0.717, 1.165) is 27.9 Å². The molecule has 0 aliphatic heterocycles. The lowest BCUT2D eigenvalue weighted by molar-refractivity contribution is 0.770. The molecule has 5 rings (SSSR count). The van der Waals surface area contributed by atoms with Crippen LogP contribution >= 0.6 is 0 Å². The minimum Gasteiger partial charge on any atom is -0.331 e. The second-order valence-electron chi connectivity index (χ2n) is 7.33. The Morgan fingerprint density at radius 3 is 2.50 bits per heavy atom. The van der Waals surface area contributed by atoms with Gasteiger partial charge in [0.2, 0.25) is 5.82 Å². The van der Waals surface area contributed by atoms with Crippen molar-refractivity contribution in [2.75, 3.05) is 5.32 Å². The van der Waals surface area contributed by atoms with Crippen LogP contribution < -0.4 is 5.32 Å². The molecule has 5 aromatic heterocycles. The summed E-state index contributed by atoms with van der Waals surface area (Å²) in [6.45, 7) is 4.06. The van der Waals surface area contributed by atoms with Gasteiger partial charge in [0.1, 0.15) is 11.3 Å². The second kappa shape index (κ2) is 6.80. The van der Waals surface area contributed by atoms with Gasteiger partial charge in [-0.2, -0.15) is 5.10 Å². The average molecular weight is 399 g/mol.